The van der Waals surface area contributed by atoms with Crippen LogP contribution in [0.15, 0.2) is 24.5 Å². The zero-order valence-electron chi connectivity index (χ0n) is 14.5. The molecule has 7 nitrogen and oxygen atoms in total. The number of piperidine rings is 1. The highest BCUT2D eigenvalue weighted by Gasteiger charge is 2.27. The number of ether oxygens (including phenoxy) is 1. The van der Waals surface area contributed by atoms with Gasteiger partial charge in [0.2, 0.25) is 5.88 Å². The molecule has 0 radical (unpaired) electrons. The van der Waals surface area contributed by atoms with Crippen LogP contribution in [0, 0.1) is 6.92 Å². The molecule has 1 fully saturated rings. The molecule has 1 aliphatic heterocycles. The summed E-state index contributed by atoms with van der Waals surface area (Å²) in [6, 6.07) is 3.43. The molecule has 3 heterocycles. The van der Waals surface area contributed by atoms with Gasteiger partial charge in [0.1, 0.15) is 5.82 Å². The molecule has 0 unspecified atom stereocenters. The first kappa shape index (κ1) is 17.3. The maximum absolute atomic E-state index is 12.6. The Bertz CT molecular complexity index is 740. The average Bonchev–Trinajstić information content (AvgIpc) is 2.67. The molecule has 0 aliphatic carbocycles. The standard InChI is InChI=1S/C18H22N4O3/c1-12-19-10-15(11-23)17(21-12)13-5-7-22(8-6-13)18(24)14-3-4-16(25-2)20-9-14/h3-4,9-10,13,23H,5-8,11H2,1-2H3. The van der Waals surface area contributed by atoms with E-state index < -0.39 is 0 Å². The SMILES string of the molecule is COc1ccc(C(=O)N2CCC(c3nc(C)ncc3CO)CC2)cn1. The van der Waals surface area contributed by atoms with Gasteiger partial charge in [-0.2, -0.15) is 0 Å². The van der Waals surface area contributed by atoms with Gasteiger partial charge in [0.05, 0.1) is 25.0 Å². The molecule has 0 atom stereocenters. The highest BCUT2D eigenvalue weighted by Crippen LogP contribution is 2.29. The number of aliphatic hydroxyl groups excluding tert-OH is 1. The first-order valence-corrected chi connectivity index (χ1v) is 8.35. The molecule has 1 aliphatic rings. The number of amides is 1. The van der Waals surface area contributed by atoms with Gasteiger partial charge in [0.25, 0.3) is 5.91 Å². The molecule has 1 amide bonds. The van der Waals surface area contributed by atoms with E-state index in [4.69, 9.17) is 4.74 Å². The van der Waals surface area contributed by atoms with Crippen LogP contribution in [-0.2, 0) is 6.61 Å². The van der Waals surface area contributed by atoms with Gasteiger partial charge in [0.15, 0.2) is 0 Å². The lowest BCUT2D eigenvalue weighted by molar-refractivity contribution is 0.0711. The van der Waals surface area contributed by atoms with Gasteiger partial charge in [0, 0.05) is 43.0 Å². The lowest BCUT2D eigenvalue weighted by atomic mass is 9.90. The second-order valence-electron chi connectivity index (χ2n) is 6.14. The molecule has 7 heteroatoms. The number of hydrogen-bond donors (Lipinski definition) is 1. The minimum atomic E-state index is -0.0632. The Labute approximate surface area is 146 Å². The van der Waals surface area contributed by atoms with Crippen molar-refractivity contribution in [3.05, 3.63) is 47.2 Å². The Hall–Kier alpha value is -2.54. The first-order chi connectivity index (χ1) is 12.1. The fourth-order valence-corrected chi connectivity index (χ4v) is 3.15. The number of carbonyl (C=O) groups is 1. The molecule has 25 heavy (non-hydrogen) atoms. The van der Waals surface area contributed by atoms with Gasteiger partial charge >= 0.3 is 0 Å². The van der Waals surface area contributed by atoms with Crippen molar-refractivity contribution < 1.29 is 14.6 Å². The third kappa shape index (κ3) is 3.76. The van der Waals surface area contributed by atoms with Gasteiger partial charge in [-0.1, -0.05) is 0 Å². The summed E-state index contributed by atoms with van der Waals surface area (Å²) in [6.45, 7) is 3.10. The van der Waals surface area contributed by atoms with Crippen molar-refractivity contribution in [1.82, 2.24) is 19.9 Å². The minimum Gasteiger partial charge on any atom is -0.481 e. The van der Waals surface area contributed by atoms with E-state index in [1.807, 2.05) is 11.8 Å². The summed E-state index contributed by atoms with van der Waals surface area (Å²) >= 11 is 0. The fourth-order valence-electron chi connectivity index (χ4n) is 3.15. The number of likely N-dealkylation sites (tertiary alicyclic amines) is 1. The third-order valence-electron chi connectivity index (χ3n) is 4.55. The van der Waals surface area contributed by atoms with Crippen molar-refractivity contribution in [3.63, 3.8) is 0 Å². The number of hydrogen-bond acceptors (Lipinski definition) is 6. The Morgan fingerprint density at radius 2 is 2.04 bits per heavy atom. The van der Waals surface area contributed by atoms with Gasteiger partial charge in [-0.3, -0.25) is 4.79 Å². The zero-order chi connectivity index (χ0) is 17.8. The molecule has 0 spiro atoms. The van der Waals surface area contributed by atoms with Crippen LogP contribution in [0.5, 0.6) is 5.88 Å². The lowest BCUT2D eigenvalue weighted by Crippen LogP contribution is -2.38. The minimum absolute atomic E-state index is 0.0187. The van der Waals surface area contributed by atoms with Crippen molar-refractivity contribution in [3.8, 4) is 5.88 Å². The topological polar surface area (TPSA) is 88.4 Å². The van der Waals surface area contributed by atoms with E-state index in [-0.39, 0.29) is 18.4 Å². The summed E-state index contributed by atoms with van der Waals surface area (Å²) in [5.74, 6) is 1.41. The predicted octanol–water partition coefficient (Wildman–Crippen LogP) is 1.70. The van der Waals surface area contributed by atoms with E-state index in [1.165, 1.54) is 0 Å². The Kier molecular flexibility index (Phi) is 5.23. The molecule has 2 aromatic rings. The van der Waals surface area contributed by atoms with E-state index in [9.17, 15) is 9.90 Å². The summed E-state index contributed by atoms with van der Waals surface area (Å²) in [5, 5.41) is 9.51. The van der Waals surface area contributed by atoms with Crippen molar-refractivity contribution in [2.24, 2.45) is 0 Å². The van der Waals surface area contributed by atoms with Crippen LogP contribution in [0.3, 0.4) is 0 Å². The second-order valence-corrected chi connectivity index (χ2v) is 6.14. The van der Waals surface area contributed by atoms with E-state index in [2.05, 4.69) is 15.0 Å². The van der Waals surface area contributed by atoms with Crippen molar-refractivity contribution in [1.29, 1.82) is 0 Å². The normalized spacial score (nSPS) is 15.2. The molecule has 3 rings (SSSR count). The van der Waals surface area contributed by atoms with E-state index in [1.54, 1.807) is 31.6 Å². The molecule has 1 saturated heterocycles. The van der Waals surface area contributed by atoms with E-state index in [0.29, 0.717) is 30.4 Å². The van der Waals surface area contributed by atoms with Crippen molar-refractivity contribution in [2.45, 2.75) is 32.3 Å². The largest absolute Gasteiger partial charge is 0.481 e. The highest BCUT2D eigenvalue weighted by atomic mass is 16.5. The summed E-state index contributed by atoms with van der Waals surface area (Å²) < 4.78 is 5.02. The van der Waals surface area contributed by atoms with Crippen LogP contribution in [0.2, 0.25) is 0 Å². The molecule has 1 N–H and O–H groups in total. The van der Waals surface area contributed by atoms with Crippen LogP contribution < -0.4 is 4.74 Å². The highest BCUT2D eigenvalue weighted by molar-refractivity contribution is 5.94. The predicted molar refractivity (Wildman–Crippen MR) is 91.4 cm³/mol. The Morgan fingerprint density at radius 3 is 2.64 bits per heavy atom. The number of nitrogens with zero attached hydrogens (tertiary/aromatic N) is 4. The fraction of sp³-hybridized carbons (Fsp3) is 0.444. The van der Waals surface area contributed by atoms with Crippen LogP contribution in [0.4, 0.5) is 0 Å². The molecule has 132 valence electrons. The van der Waals surface area contributed by atoms with Crippen LogP contribution in [-0.4, -0.2) is 51.1 Å². The van der Waals surface area contributed by atoms with Crippen LogP contribution in [0.1, 0.15) is 46.2 Å². The van der Waals surface area contributed by atoms with Gasteiger partial charge in [-0.05, 0) is 25.8 Å². The molecule has 2 aromatic heterocycles. The number of aromatic nitrogens is 3. The van der Waals surface area contributed by atoms with Crippen molar-refractivity contribution in [2.75, 3.05) is 20.2 Å². The lowest BCUT2D eigenvalue weighted by Gasteiger charge is -2.32. The van der Waals surface area contributed by atoms with Crippen LogP contribution in [0.25, 0.3) is 0 Å². The molecular weight excluding hydrogens is 320 g/mol. The number of rotatable bonds is 4. The van der Waals surface area contributed by atoms with Gasteiger partial charge in [-0.25, -0.2) is 15.0 Å². The number of carbonyl (C=O) groups excluding carboxylic acids is 1. The number of methoxy groups -OCH3 is 1. The Morgan fingerprint density at radius 1 is 1.28 bits per heavy atom. The summed E-state index contributed by atoms with van der Waals surface area (Å²) in [7, 11) is 1.55. The van der Waals surface area contributed by atoms with Gasteiger partial charge in [-0.15, -0.1) is 0 Å². The molecule has 0 saturated carbocycles. The maximum Gasteiger partial charge on any atom is 0.255 e. The smallest absolute Gasteiger partial charge is 0.255 e. The van der Waals surface area contributed by atoms with Crippen molar-refractivity contribution >= 4 is 5.91 Å². The van der Waals surface area contributed by atoms with Crippen LogP contribution >= 0.6 is 0 Å². The summed E-state index contributed by atoms with van der Waals surface area (Å²) in [4.78, 5) is 27.2. The number of aliphatic hydroxyl groups is 1. The van der Waals surface area contributed by atoms with Gasteiger partial charge < -0.3 is 14.7 Å². The van der Waals surface area contributed by atoms with E-state index in [0.717, 1.165) is 24.1 Å². The zero-order valence-corrected chi connectivity index (χ0v) is 14.5. The third-order valence-corrected chi connectivity index (χ3v) is 4.55. The monoisotopic (exact) mass is 342 g/mol. The molecular formula is C18H22N4O3. The molecule has 0 bridgehead atoms. The average molecular weight is 342 g/mol. The summed E-state index contributed by atoms with van der Waals surface area (Å²) in [6.07, 6.45) is 4.88. The summed E-state index contributed by atoms with van der Waals surface area (Å²) in [5.41, 5.74) is 2.25. The van der Waals surface area contributed by atoms with E-state index >= 15 is 0 Å². The Balaban J connectivity index is 1.67. The number of aryl methyl sites for hydroxylation is 1. The second kappa shape index (κ2) is 7.57. The maximum atomic E-state index is 12.6. The quantitative estimate of drug-likeness (QED) is 0.910. The molecule has 0 aromatic carbocycles. The first-order valence-electron chi connectivity index (χ1n) is 8.35. The number of pyridine rings is 1.